The van der Waals surface area contributed by atoms with Crippen molar-refractivity contribution in [3.63, 3.8) is 0 Å². The van der Waals surface area contributed by atoms with E-state index in [1.165, 1.54) is 0 Å². The predicted octanol–water partition coefficient (Wildman–Crippen LogP) is 0.633. The standard InChI is InChI=1S/C16H14N2O4S/c1-2-22-14(19)9-18-15(20)13(23-16(18)21)8-11-7-10-5-3-4-6-12(10)17-11/h3-8,20H,2,9H2,1H3. The number of aromatic nitrogens is 1. The van der Waals surface area contributed by atoms with Crippen molar-refractivity contribution in [1.29, 1.82) is 0 Å². The SMILES string of the molecule is CCOC(=O)Cn1c(O)c(C=C2C=c3ccccc3=N2)sc1=O. The van der Waals surface area contributed by atoms with E-state index in [9.17, 15) is 14.7 Å². The maximum Gasteiger partial charge on any atom is 0.326 e. The molecular formula is C16H14N2O4S. The molecule has 6 nitrogen and oxygen atoms in total. The van der Waals surface area contributed by atoms with E-state index in [0.717, 1.165) is 26.5 Å². The Bertz CT molecular complexity index is 932. The van der Waals surface area contributed by atoms with Gasteiger partial charge in [0.2, 0.25) is 5.88 Å². The second kappa shape index (κ2) is 6.21. The number of nitrogens with zero attached hydrogens (tertiary/aromatic N) is 2. The number of aromatic hydroxyl groups is 1. The number of benzene rings is 1. The predicted molar refractivity (Wildman–Crippen MR) is 86.5 cm³/mol. The van der Waals surface area contributed by atoms with Gasteiger partial charge in [-0.15, -0.1) is 0 Å². The lowest BCUT2D eigenvalue weighted by atomic mass is 10.3. The summed E-state index contributed by atoms with van der Waals surface area (Å²) in [5, 5.41) is 12.0. The molecule has 118 valence electrons. The van der Waals surface area contributed by atoms with E-state index >= 15 is 0 Å². The molecule has 0 aliphatic carbocycles. The van der Waals surface area contributed by atoms with Crippen LogP contribution in [0, 0.1) is 0 Å². The van der Waals surface area contributed by atoms with Gasteiger partial charge in [0.1, 0.15) is 6.54 Å². The number of esters is 1. The minimum absolute atomic E-state index is 0.224. The van der Waals surface area contributed by atoms with Gasteiger partial charge < -0.3 is 9.84 Å². The Hall–Kier alpha value is -2.67. The van der Waals surface area contributed by atoms with Crippen molar-refractivity contribution in [2.75, 3.05) is 6.61 Å². The number of carbonyl (C=O) groups is 1. The fraction of sp³-hybridized carbons (Fsp3) is 0.188. The lowest BCUT2D eigenvalue weighted by molar-refractivity contribution is -0.143. The monoisotopic (exact) mass is 330 g/mol. The fourth-order valence-corrected chi connectivity index (χ4v) is 3.06. The largest absolute Gasteiger partial charge is 0.493 e. The molecule has 0 atom stereocenters. The molecule has 0 saturated heterocycles. The highest BCUT2D eigenvalue weighted by molar-refractivity contribution is 7.10. The molecule has 1 aliphatic heterocycles. The number of thiazole rings is 1. The molecular weight excluding hydrogens is 316 g/mol. The topological polar surface area (TPSA) is 80.9 Å². The molecule has 7 heteroatoms. The number of hydrogen-bond acceptors (Lipinski definition) is 6. The molecule has 1 aromatic carbocycles. The normalized spacial score (nSPS) is 14.2. The molecule has 0 amide bonds. The van der Waals surface area contributed by atoms with Crippen LogP contribution in [0.4, 0.5) is 0 Å². The maximum atomic E-state index is 11.9. The Balaban J connectivity index is 1.94. The molecule has 1 aromatic heterocycles. The minimum atomic E-state index is -0.563. The first kappa shape index (κ1) is 15.2. The van der Waals surface area contributed by atoms with E-state index in [1.54, 1.807) is 13.0 Å². The van der Waals surface area contributed by atoms with Gasteiger partial charge in [-0.05, 0) is 25.1 Å². The van der Waals surface area contributed by atoms with Crippen LogP contribution >= 0.6 is 11.3 Å². The first-order chi connectivity index (χ1) is 11.1. The summed E-state index contributed by atoms with van der Waals surface area (Å²) in [7, 11) is 0. The molecule has 2 heterocycles. The second-order valence-electron chi connectivity index (χ2n) is 4.83. The summed E-state index contributed by atoms with van der Waals surface area (Å²) < 4.78 is 5.79. The van der Waals surface area contributed by atoms with Gasteiger partial charge in [0.05, 0.1) is 22.5 Å². The van der Waals surface area contributed by atoms with E-state index in [-0.39, 0.29) is 19.0 Å². The summed E-state index contributed by atoms with van der Waals surface area (Å²) in [6.07, 6.45) is 3.50. The third-order valence-corrected chi connectivity index (χ3v) is 4.17. The summed E-state index contributed by atoms with van der Waals surface area (Å²) in [5.41, 5.74) is 0.644. The van der Waals surface area contributed by atoms with Crippen LogP contribution in [0.2, 0.25) is 0 Å². The molecule has 3 rings (SSSR count). The molecule has 2 aromatic rings. The fourth-order valence-electron chi connectivity index (χ4n) is 2.23. The van der Waals surface area contributed by atoms with E-state index < -0.39 is 10.8 Å². The van der Waals surface area contributed by atoms with Crippen molar-refractivity contribution >= 4 is 29.5 Å². The number of ether oxygens (including phenoxy) is 1. The molecule has 0 radical (unpaired) electrons. The van der Waals surface area contributed by atoms with Crippen LogP contribution in [-0.2, 0) is 16.1 Å². The summed E-state index contributed by atoms with van der Waals surface area (Å²) in [6, 6.07) is 7.64. The number of hydrogen-bond donors (Lipinski definition) is 1. The number of allylic oxidation sites excluding steroid dienone is 1. The van der Waals surface area contributed by atoms with Gasteiger partial charge in [-0.3, -0.25) is 14.2 Å². The average Bonchev–Trinajstić information content (AvgIpc) is 3.03. The first-order valence-corrected chi connectivity index (χ1v) is 7.85. The number of carbonyl (C=O) groups excluding carboxylic acids is 1. The lowest BCUT2D eigenvalue weighted by Crippen LogP contribution is -2.20. The molecule has 1 aliphatic rings. The van der Waals surface area contributed by atoms with Crippen molar-refractivity contribution < 1.29 is 14.6 Å². The van der Waals surface area contributed by atoms with Crippen molar-refractivity contribution in [3.8, 4) is 5.88 Å². The summed E-state index contributed by atoms with van der Waals surface area (Å²) in [5.74, 6) is -0.813. The quantitative estimate of drug-likeness (QED) is 0.834. The van der Waals surface area contributed by atoms with Crippen LogP contribution in [0.3, 0.4) is 0 Å². The van der Waals surface area contributed by atoms with Crippen LogP contribution < -0.4 is 15.4 Å². The Morgan fingerprint density at radius 1 is 1.43 bits per heavy atom. The van der Waals surface area contributed by atoms with Gasteiger partial charge in [0, 0.05) is 5.22 Å². The molecule has 0 bridgehead atoms. The minimum Gasteiger partial charge on any atom is -0.493 e. The van der Waals surface area contributed by atoms with Gasteiger partial charge in [-0.2, -0.15) is 0 Å². The lowest BCUT2D eigenvalue weighted by Gasteiger charge is -2.03. The van der Waals surface area contributed by atoms with E-state index in [2.05, 4.69) is 4.99 Å². The van der Waals surface area contributed by atoms with E-state index in [1.807, 2.05) is 30.3 Å². The van der Waals surface area contributed by atoms with Gasteiger partial charge in [-0.25, -0.2) is 4.99 Å². The number of para-hydroxylation sites is 1. The average molecular weight is 330 g/mol. The zero-order valence-corrected chi connectivity index (χ0v) is 13.2. The third-order valence-electron chi connectivity index (χ3n) is 3.25. The van der Waals surface area contributed by atoms with Crippen LogP contribution in [0.1, 0.15) is 11.8 Å². The smallest absolute Gasteiger partial charge is 0.326 e. The van der Waals surface area contributed by atoms with Gasteiger partial charge in [0.15, 0.2) is 0 Å². The molecule has 0 saturated carbocycles. The maximum absolute atomic E-state index is 11.9. The van der Waals surface area contributed by atoms with Crippen molar-refractivity contribution in [2.45, 2.75) is 13.5 Å². The first-order valence-electron chi connectivity index (χ1n) is 7.04. The highest BCUT2D eigenvalue weighted by atomic mass is 32.1. The number of rotatable bonds is 4. The second-order valence-corrected chi connectivity index (χ2v) is 5.82. The highest BCUT2D eigenvalue weighted by Crippen LogP contribution is 2.24. The van der Waals surface area contributed by atoms with E-state index in [0.29, 0.717) is 10.6 Å². The van der Waals surface area contributed by atoms with Crippen molar-refractivity contribution in [3.05, 3.63) is 55.1 Å². The third kappa shape index (κ3) is 3.09. The Morgan fingerprint density at radius 2 is 2.22 bits per heavy atom. The summed E-state index contributed by atoms with van der Waals surface area (Å²) >= 11 is 0.860. The summed E-state index contributed by atoms with van der Waals surface area (Å²) in [4.78, 5) is 27.8. The Kier molecular flexibility index (Phi) is 4.12. The van der Waals surface area contributed by atoms with Crippen LogP contribution in [0.25, 0.3) is 12.2 Å². The molecule has 1 N–H and O–H groups in total. The zero-order valence-electron chi connectivity index (χ0n) is 12.4. The zero-order chi connectivity index (χ0) is 16.4. The Morgan fingerprint density at radius 3 is 2.96 bits per heavy atom. The van der Waals surface area contributed by atoms with Crippen molar-refractivity contribution in [2.24, 2.45) is 4.99 Å². The van der Waals surface area contributed by atoms with Crippen LogP contribution in [0.5, 0.6) is 5.88 Å². The molecule has 23 heavy (non-hydrogen) atoms. The highest BCUT2D eigenvalue weighted by Gasteiger charge is 2.16. The molecule has 0 unspecified atom stereocenters. The molecule has 0 fully saturated rings. The van der Waals surface area contributed by atoms with E-state index in [4.69, 9.17) is 4.74 Å². The van der Waals surface area contributed by atoms with Crippen LogP contribution in [0.15, 0.2) is 39.7 Å². The molecule has 0 spiro atoms. The Labute approximate surface area is 135 Å². The van der Waals surface area contributed by atoms with Crippen molar-refractivity contribution in [1.82, 2.24) is 4.57 Å². The van der Waals surface area contributed by atoms with Gasteiger partial charge in [0.25, 0.3) is 0 Å². The number of fused-ring (bicyclic) bond motifs is 1. The van der Waals surface area contributed by atoms with Gasteiger partial charge >= 0.3 is 10.8 Å². The summed E-state index contributed by atoms with van der Waals surface area (Å²) in [6.45, 7) is 1.60. The van der Waals surface area contributed by atoms with Gasteiger partial charge in [-0.1, -0.05) is 29.5 Å². The van der Waals surface area contributed by atoms with Crippen LogP contribution in [-0.4, -0.2) is 22.2 Å².